The van der Waals surface area contributed by atoms with Gasteiger partial charge in [-0.2, -0.15) is 5.10 Å². The molecule has 1 aliphatic carbocycles. The number of pyridine rings is 3. The Morgan fingerprint density at radius 2 is 1.86 bits per heavy atom. The van der Waals surface area contributed by atoms with Gasteiger partial charge >= 0.3 is 0 Å². The number of imidazole rings is 1. The van der Waals surface area contributed by atoms with Gasteiger partial charge in [0.25, 0.3) is 0 Å². The predicted octanol–water partition coefficient (Wildman–Crippen LogP) is 5.09. The summed E-state index contributed by atoms with van der Waals surface area (Å²) in [5.74, 6) is 0.00699. The van der Waals surface area contributed by atoms with E-state index in [0.717, 1.165) is 36.6 Å². The zero-order valence-electron chi connectivity index (χ0n) is 23.6. The molecule has 1 amide bonds. The monoisotopic (exact) mass is 610 g/mol. The zero-order valence-corrected chi connectivity index (χ0v) is 24.4. The number of nitrogens with zero attached hydrogens (tertiary/aromatic N) is 5. The number of aromatic amines is 2. The van der Waals surface area contributed by atoms with Crippen LogP contribution in [0.15, 0.2) is 61.2 Å². The van der Waals surface area contributed by atoms with Gasteiger partial charge in [-0.1, -0.05) is 12.5 Å². The highest BCUT2D eigenvalue weighted by Crippen LogP contribution is 2.33. The maximum absolute atomic E-state index is 14.6. The number of hydrogen-bond donors (Lipinski definition) is 3. The quantitative estimate of drug-likeness (QED) is 0.215. The highest BCUT2D eigenvalue weighted by atomic mass is 32.2. The molecule has 0 atom stereocenters. The number of anilines is 1. The lowest BCUT2D eigenvalue weighted by Crippen LogP contribution is -2.28. The standard InChI is InChI=1S/C31H27FN8O3S/c1-44(42,43)8-6-17-9-19(11-22(32)10-17)24-5-7-34-29-26(24)37-30(38-29)27-25-13-21(15-35-28(25)40-39-27)20-12-23(16-33-14-20)36-31(41)18-3-2-4-18/h5,7,9-16,18H,2-4,6,8H2,1H3,(H,36,41)(H,34,37,38)(H,35,39,40). The second-order valence-corrected chi connectivity index (χ2v) is 13.4. The van der Waals surface area contributed by atoms with Crippen molar-refractivity contribution < 1.29 is 17.6 Å². The first-order valence-corrected chi connectivity index (χ1v) is 16.2. The van der Waals surface area contributed by atoms with Crippen LogP contribution in [-0.2, 0) is 21.1 Å². The fourth-order valence-electron chi connectivity index (χ4n) is 5.34. The zero-order chi connectivity index (χ0) is 30.4. The van der Waals surface area contributed by atoms with E-state index in [0.29, 0.717) is 56.1 Å². The van der Waals surface area contributed by atoms with Gasteiger partial charge in [0.2, 0.25) is 5.91 Å². The Kier molecular flexibility index (Phi) is 6.88. The molecule has 0 aliphatic heterocycles. The SMILES string of the molecule is CS(=O)(=O)CCc1cc(F)cc(-c2ccnc3nc(-c4[nH]nc5ncc(-c6cncc(NC(=O)C7CCC7)c6)cc45)[nH]c23)c1. The maximum Gasteiger partial charge on any atom is 0.227 e. The van der Waals surface area contributed by atoms with Crippen molar-refractivity contribution in [3.63, 3.8) is 0 Å². The summed E-state index contributed by atoms with van der Waals surface area (Å²) in [6.07, 6.45) is 10.9. The van der Waals surface area contributed by atoms with E-state index in [9.17, 15) is 17.6 Å². The molecule has 0 unspecified atom stereocenters. The summed E-state index contributed by atoms with van der Waals surface area (Å²) in [7, 11) is -3.20. The van der Waals surface area contributed by atoms with Gasteiger partial charge < -0.3 is 10.3 Å². The molecule has 1 aromatic carbocycles. The summed E-state index contributed by atoms with van der Waals surface area (Å²) in [6.45, 7) is 0. The van der Waals surface area contributed by atoms with E-state index in [2.05, 4.69) is 40.4 Å². The minimum absolute atomic E-state index is 0.0159. The predicted molar refractivity (Wildman–Crippen MR) is 165 cm³/mol. The van der Waals surface area contributed by atoms with Crippen molar-refractivity contribution in [3.8, 4) is 33.8 Å². The number of sulfone groups is 1. The van der Waals surface area contributed by atoms with Crippen molar-refractivity contribution in [1.82, 2.24) is 35.1 Å². The average molecular weight is 611 g/mol. The highest BCUT2D eigenvalue weighted by Gasteiger charge is 2.25. The van der Waals surface area contributed by atoms with E-state index >= 15 is 0 Å². The van der Waals surface area contributed by atoms with Crippen LogP contribution in [0.25, 0.3) is 56.0 Å². The molecular weight excluding hydrogens is 583 g/mol. The number of hydrogen-bond acceptors (Lipinski definition) is 8. The molecule has 5 heterocycles. The molecule has 5 aromatic heterocycles. The van der Waals surface area contributed by atoms with Gasteiger partial charge in [0.1, 0.15) is 21.3 Å². The van der Waals surface area contributed by atoms with Gasteiger partial charge in [0.05, 0.1) is 28.5 Å². The lowest BCUT2D eigenvalue weighted by molar-refractivity contribution is -0.122. The molecule has 44 heavy (non-hydrogen) atoms. The third-order valence-corrected chi connectivity index (χ3v) is 8.83. The third kappa shape index (κ3) is 5.53. The van der Waals surface area contributed by atoms with Gasteiger partial charge in [-0.25, -0.2) is 27.8 Å². The number of fused-ring (bicyclic) bond motifs is 2. The van der Waals surface area contributed by atoms with Crippen LogP contribution in [0, 0.1) is 11.7 Å². The molecule has 0 saturated heterocycles. The third-order valence-electron chi connectivity index (χ3n) is 7.88. The number of aromatic nitrogens is 7. The van der Waals surface area contributed by atoms with Crippen LogP contribution in [0.5, 0.6) is 0 Å². The van der Waals surface area contributed by atoms with E-state index in [4.69, 9.17) is 0 Å². The van der Waals surface area contributed by atoms with E-state index in [1.165, 1.54) is 12.1 Å². The number of halogens is 1. The van der Waals surface area contributed by atoms with Crippen LogP contribution < -0.4 is 5.32 Å². The Labute approximate surface area is 251 Å². The Hall–Kier alpha value is -5.04. The van der Waals surface area contributed by atoms with Crippen LogP contribution in [0.4, 0.5) is 10.1 Å². The summed E-state index contributed by atoms with van der Waals surface area (Å²) in [5.41, 5.74) is 6.10. The van der Waals surface area contributed by atoms with Crippen LogP contribution in [-0.4, -0.2) is 61.5 Å². The van der Waals surface area contributed by atoms with Crippen LogP contribution in [0.3, 0.4) is 0 Å². The molecule has 11 nitrogen and oxygen atoms in total. The van der Waals surface area contributed by atoms with Crippen molar-refractivity contribution >= 4 is 43.6 Å². The van der Waals surface area contributed by atoms with Crippen molar-refractivity contribution in [2.45, 2.75) is 25.7 Å². The summed E-state index contributed by atoms with van der Waals surface area (Å²) in [6, 6.07) is 10.1. The molecule has 1 aliphatic rings. The lowest BCUT2D eigenvalue weighted by atomic mass is 9.85. The largest absolute Gasteiger partial charge is 0.335 e. The van der Waals surface area contributed by atoms with E-state index in [1.54, 1.807) is 36.9 Å². The lowest BCUT2D eigenvalue weighted by Gasteiger charge is -2.24. The van der Waals surface area contributed by atoms with Gasteiger partial charge in [-0.3, -0.25) is 14.9 Å². The first-order chi connectivity index (χ1) is 21.2. The van der Waals surface area contributed by atoms with Gasteiger partial charge in [-0.05, 0) is 60.7 Å². The highest BCUT2D eigenvalue weighted by molar-refractivity contribution is 7.90. The van der Waals surface area contributed by atoms with Crippen molar-refractivity contribution in [1.29, 1.82) is 0 Å². The fourth-order valence-corrected chi connectivity index (χ4v) is 5.95. The maximum atomic E-state index is 14.6. The Bertz CT molecular complexity index is 2170. The Morgan fingerprint density at radius 3 is 2.66 bits per heavy atom. The molecule has 13 heteroatoms. The minimum atomic E-state index is -3.20. The Balaban J connectivity index is 1.23. The average Bonchev–Trinajstić information content (AvgIpc) is 3.58. The number of benzene rings is 1. The Morgan fingerprint density at radius 1 is 1.02 bits per heavy atom. The number of rotatable bonds is 8. The van der Waals surface area contributed by atoms with Gasteiger partial charge in [0, 0.05) is 47.5 Å². The summed E-state index contributed by atoms with van der Waals surface area (Å²) in [4.78, 5) is 33.7. The molecule has 6 aromatic rings. The first kappa shape index (κ1) is 27.8. The number of nitrogens with one attached hydrogen (secondary N) is 3. The van der Waals surface area contributed by atoms with E-state index in [-0.39, 0.29) is 24.0 Å². The summed E-state index contributed by atoms with van der Waals surface area (Å²) >= 11 is 0. The minimum Gasteiger partial charge on any atom is -0.335 e. The molecule has 7 rings (SSSR count). The number of amides is 1. The van der Waals surface area contributed by atoms with Crippen LogP contribution >= 0.6 is 0 Å². The summed E-state index contributed by atoms with van der Waals surface area (Å²) in [5, 5.41) is 11.0. The van der Waals surface area contributed by atoms with Crippen molar-refractivity contribution in [2.75, 3.05) is 17.3 Å². The second kappa shape index (κ2) is 10.9. The molecular formula is C31H27FN8O3S. The molecule has 1 saturated carbocycles. The van der Waals surface area contributed by atoms with Gasteiger partial charge in [0.15, 0.2) is 17.1 Å². The molecule has 0 spiro atoms. The van der Waals surface area contributed by atoms with E-state index in [1.807, 2.05) is 12.1 Å². The first-order valence-electron chi connectivity index (χ1n) is 14.1. The molecule has 0 radical (unpaired) electrons. The van der Waals surface area contributed by atoms with E-state index < -0.39 is 15.7 Å². The molecule has 1 fully saturated rings. The van der Waals surface area contributed by atoms with Crippen LogP contribution in [0.2, 0.25) is 0 Å². The van der Waals surface area contributed by atoms with Gasteiger partial charge in [-0.15, -0.1) is 0 Å². The number of carbonyl (C=O) groups is 1. The molecule has 222 valence electrons. The number of H-pyrrole nitrogens is 2. The van der Waals surface area contributed by atoms with Crippen molar-refractivity contribution in [2.24, 2.45) is 5.92 Å². The number of carbonyl (C=O) groups excluding carboxylic acids is 1. The number of aryl methyl sites for hydroxylation is 1. The smallest absolute Gasteiger partial charge is 0.227 e. The second-order valence-electron chi connectivity index (χ2n) is 11.1. The van der Waals surface area contributed by atoms with Crippen LogP contribution in [0.1, 0.15) is 24.8 Å². The fraction of sp³-hybridized carbons (Fsp3) is 0.226. The molecule has 0 bridgehead atoms. The topological polar surface area (TPSA) is 159 Å². The summed E-state index contributed by atoms with van der Waals surface area (Å²) < 4.78 is 38.0. The van der Waals surface area contributed by atoms with Crippen molar-refractivity contribution in [3.05, 3.63) is 72.6 Å². The normalized spacial score (nSPS) is 13.8. The molecule has 3 N–H and O–H groups in total.